The molecule has 1 aromatic carbocycles. The summed E-state index contributed by atoms with van der Waals surface area (Å²) in [4.78, 5) is 2.56. The fourth-order valence-electron chi connectivity index (χ4n) is 3.71. The molecule has 3 atom stereocenters. The van der Waals surface area contributed by atoms with E-state index in [1.807, 2.05) is 0 Å². The average Bonchev–Trinajstić information content (AvgIpc) is 2.46. The van der Waals surface area contributed by atoms with Crippen molar-refractivity contribution in [2.45, 2.75) is 45.2 Å². The van der Waals surface area contributed by atoms with Crippen molar-refractivity contribution in [3.05, 3.63) is 35.4 Å². The van der Waals surface area contributed by atoms with Crippen LogP contribution in [0, 0.1) is 23.2 Å². The highest BCUT2D eigenvalue weighted by atomic mass is 15.2. The van der Waals surface area contributed by atoms with Gasteiger partial charge in [-0.1, -0.05) is 31.2 Å². The van der Waals surface area contributed by atoms with Gasteiger partial charge in [-0.25, -0.2) is 0 Å². The van der Waals surface area contributed by atoms with Gasteiger partial charge in [0.25, 0.3) is 0 Å². The Hall–Kier alpha value is -1.33. The first-order valence-electron chi connectivity index (χ1n) is 7.48. The molecule has 0 amide bonds. The van der Waals surface area contributed by atoms with Gasteiger partial charge in [0.2, 0.25) is 0 Å². The zero-order chi connectivity index (χ0) is 13.2. The highest BCUT2D eigenvalue weighted by Crippen LogP contribution is 2.34. The third-order valence-electron chi connectivity index (χ3n) is 4.87. The quantitative estimate of drug-likeness (QED) is 0.768. The molecule has 0 N–H and O–H groups in total. The van der Waals surface area contributed by atoms with Crippen LogP contribution < -0.4 is 0 Å². The molecular weight excluding hydrogens is 232 g/mol. The van der Waals surface area contributed by atoms with E-state index >= 15 is 0 Å². The van der Waals surface area contributed by atoms with Gasteiger partial charge in [-0.15, -0.1) is 0 Å². The molecule has 2 aliphatic rings. The molecule has 1 aromatic rings. The standard InChI is InChI=1S/C17H22N2/c1-13-6-7-15(11-18)17(10-13)19-9-8-14-4-2-3-5-16(14)12-19/h2-5,13,15,17H,6-10,12H2,1H3. The van der Waals surface area contributed by atoms with E-state index in [9.17, 15) is 5.26 Å². The predicted molar refractivity (Wildman–Crippen MR) is 76.5 cm³/mol. The molecule has 0 bridgehead atoms. The second-order valence-corrected chi connectivity index (χ2v) is 6.21. The first-order chi connectivity index (χ1) is 9.28. The summed E-state index contributed by atoms with van der Waals surface area (Å²) in [7, 11) is 0. The van der Waals surface area contributed by atoms with Crippen molar-refractivity contribution in [1.29, 1.82) is 5.26 Å². The maximum Gasteiger partial charge on any atom is 0.0672 e. The maximum absolute atomic E-state index is 9.40. The number of benzene rings is 1. The fourth-order valence-corrected chi connectivity index (χ4v) is 3.71. The average molecular weight is 254 g/mol. The third-order valence-corrected chi connectivity index (χ3v) is 4.87. The van der Waals surface area contributed by atoms with E-state index in [-0.39, 0.29) is 5.92 Å². The number of rotatable bonds is 1. The minimum absolute atomic E-state index is 0.237. The summed E-state index contributed by atoms with van der Waals surface area (Å²) in [5.41, 5.74) is 2.96. The Labute approximate surface area is 116 Å². The van der Waals surface area contributed by atoms with Crippen molar-refractivity contribution in [2.75, 3.05) is 6.54 Å². The summed E-state index contributed by atoms with van der Waals surface area (Å²) in [5, 5.41) is 9.40. The molecule has 19 heavy (non-hydrogen) atoms. The Morgan fingerprint density at radius 3 is 2.79 bits per heavy atom. The lowest BCUT2D eigenvalue weighted by Gasteiger charge is -2.41. The Balaban J connectivity index is 1.78. The molecule has 0 aromatic heterocycles. The predicted octanol–water partition coefficient (Wildman–Crippen LogP) is 3.37. The normalized spacial score (nSPS) is 31.5. The minimum Gasteiger partial charge on any atom is -0.294 e. The summed E-state index contributed by atoms with van der Waals surface area (Å²) in [6.07, 6.45) is 4.64. The zero-order valence-corrected chi connectivity index (χ0v) is 11.7. The van der Waals surface area contributed by atoms with Crippen LogP contribution in [-0.2, 0) is 13.0 Å². The van der Waals surface area contributed by atoms with Gasteiger partial charge >= 0.3 is 0 Å². The highest BCUT2D eigenvalue weighted by molar-refractivity contribution is 5.29. The Morgan fingerprint density at radius 2 is 2.00 bits per heavy atom. The van der Waals surface area contributed by atoms with Crippen molar-refractivity contribution in [2.24, 2.45) is 11.8 Å². The van der Waals surface area contributed by atoms with Crippen molar-refractivity contribution in [3.63, 3.8) is 0 Å². The molecule has 1 saturated carbocycles. The first-order valence-corrected chi connectivity index (χ1v) is 7.48. The topological polar surface area (TPSA) is 27.0 Å². The van der Waals surface area contributed by atoms with Crippen molar-refractivity contribution < 1.29 is 0 Å². The van der Waals surface area contributed by atoms with Crippen LogP contribution in [0.1, 0.15) is 37.3 Å². The second-order valence-electron chi connectivity index (χ2n) is 6.21. The summed E-state index contributed by atoms with van der Waals surface area (Å²) in [6.45, 7) is 4.48. The van der Waals surface area contributed by atoms with Crippen molar-refractivity contribution in [1.82, 2.24) is 4.90 Å². The van der Waals surface area contributed by atoms with Crippen LogP contribution in [-0.4, -0.2) is 17.5 Å². The number of hydrogen-bond acceptors (Lipinski definition) is 2. The molecule has 1 aliphatic carbocycles. The lowest BCUT2D eigenvalue weighted by atomic mass is 9.78. The zero-order valence-electron chi connectivity index (χ0n) is 11.7. The number of hydrogen-bond donors (Lipinski definition) is 0. The first kappa shape index (κ1) is 12.7. The van der Waals surface area contributed by atoms with Gasteiger partial charge < -0.3 is 0 Å². The number of fused-ring (bicyclic) bond motifs is 1. The van der Waals surface area contributed by atoms with Crippen LogP contribution in [0.5, 0.6) is 0 Å². The summed E-state index contributed by atoms with van der Waals surface area (Å²) in [6, 6.07) is 11.8. The molecule has 2 heteroatoms. The minimum atomic E-state index is 0.237. The van der Waals surface area contributed by atoms with Crippen LogP contribution in [0.4, 0.5) is 0 Å². The van der Waals surface area contributed by atoms with Gasteiger partial charge in [0.05, 0.1) is 12.0 Å². The van der Waals surface area contributed by atoms with E-state index in [1.165, 1.54) is 24.0 Å². The number of nitrogens with zero attached hydrogens (tertiary/aromatic N) is 2. The molecule has 1 fully saturated rings. The van der Waals surface area contributed by atoms with E-state index in [0.717, 1.165) is 31.8 Å². The number of nitriles is 1. The monoisotopic (exact) mass is 254 g/mol. The molecule has 0 saturated heterocycles. The van der Waals surface area contributed by atoms with Gasteiger partial charge in [-0.2, -0.15) is 5.26 Å². The summed E-state index contributed by atoms with van der Waals surface area (Å²) in [5.74, 6) is 1.01. The van der Waals surface area contributed by atoms with Crippen LogP contribution >= 0.6 is 0 Å². The van der Waals surface area contributed by atoms with E-state index in [4.69, 9.17) is 0 Å². The molecule has 1 heterocycles. The summed E-state index contributed by atoms with van der Waals surface area (Å²) < 4.78 is 0. The van der Waals surface area contributed by atoms with E-state index < -0.39 is 0 Å². The second kappa shape index (κ2) is 5.35. The fraction of sp³-hybridized carbons (Fsp3) is 0.588. The lowest BCUT2D eigenvalue weighted by Crippen LogP contribution is -2.46. The van der Waals surface area contributed by atoms with Gasteiger partial charge in [0.15, 0.2) is 0 Å². The van der Waals surface area contributed by atoms with E-state index in [0.29, 0.717) is 6.04 Å². The van der Waals surface area contributed by atoms with E-state index in [2.05, 4.69) is 42.2 Å². The van der Waals surface area contributed by atoms with Crippen LogP contribution in [0.3, 0.4) is 0 Å². The molecule has 1 aliphatic heterocycles. The largest absolute Gasteiger partial charge is 0.294 e. The van der Waals surface area contributed by atoms with Gasteiger partial charge in [-0.05, 0) is 42.7 Å². The molecule has 0 spiro atoms. The highest BCUT2D eigenvalue weighted by Gasteiger charge is 2.34. The van der Waals surface area contributed by atoms with Crippen LogP contribution in [0.25, 0.3) is 0 Å². The van der Waals surface area contributed by atoms with Gasteiger partial charge in [0.1, 0.15) is 0 Å². The van der Waals surface area contributed by atoms with Crippen LogP contribution in [0.2, 0.25) is 0 Å². The smallest absolute Gasteiger partial charge is 0.0672 e. The van der Waals surface area contributed by atoms with Gasteiger partial charge in [-0.3, -0.25) is 4.90 Å². The molecule has 3 rings (SSSR count). The molecular formula is C17H22N2. The maximum atomic E-state index is 9.40. The lowest BCUT2D eigenvalue weighted by molar-refractivity contribution is 0.0934. The molecule has 100 valence electrons. The summed E-state index contributed by atoms with van der Waals surface area (Å²) >= 11 is 0. The molecule has 2 nitrogen and oxygen atoms in total. The Morgan fingerprint density at radius 1 is 1.21 bits per heavy atom. The van der Waals surface area contributed by atoms with E-state index in [1.54, 1.807) is 0 Å². The third kappa shape index (κ3) is 2.53. The molecule has 0 radical (unpaired) electrons. The SMILES string of the molecule is CC1CCC(C#N)C(N2CCc3ccccc3C2)C1. The van der Waals surface area contributed by atoms with Crippen LogP contribution in [0.15, 0.2) is 24.3 Å². The van der Waals surface area contributed by atoms with Crippen molar-refractivity contribution >= 4 is 0 Å². The Bertz CT molecular complexity index is 488. The van der Waals surface area contributed by atoms with Gasteiger partial charge in [0, 0.05) is 19.1 Å². The van der Waals surface area contributed by atoms with Crippen molar-refractivity contribution in [3.8, 4) is 6.07 Å². The molecule has 3 unspecified atom stereocenters. The Kier molecular flexibility index (Phi) is 3.57.